The van der Waals surface area contributed by atoms with E-state index in [4.69, 9.17) is 14.9 Å². The van der Waals surface area contributed by atoms with Crippen molar-refractivity contribution in [2.45, 2.75) is 136 Å². The van der Waals surface area contributed by atoms with Crippen LogP contribution in [0.1, 0.15) is 143 Å². The number of phenols is 1. The summed E-state index contributed by atoms with van der Waals surface area (Å²) in [6.45, 7) is 8.77. The normalized spacial score (nSPS) is 14.5. The van der Waals surface area contributed by atoms with Crippen molar-refractivity contribution in [2.24, 2.45) is 0 Å². The monoisotopic (exact) mass is 535 g/mol. The summed E-state index contributed by atoms with van der Waals surface area (Å²) < 4.78 is 11.9. The predicted octanol–water partition coefficient (Wildman–Crippen LogP) is 10.5. The van der Waals surface area contributed by atoms with Crippen molar-refractivity contribution < 1.29 is 14.6 Å². The highest BCUT2D eigenvalue weighted by Crippen LogP contribution is 2.48. The van der Waals surface area contributed by atoms with E-state index in [1.165, 1.54) is 96.3 Å². The summed E-state index contributed by atoms with van der Waals surface area (Å²) in [6, 6.07) is 8.02. The van der Waals surface area contributed by atoms with Gasteiger partial charge < -0.3 is 14.6 Å². The van der Waals surface area contributed by atoms with Gasteiger partial charge >= 0.3 is 0 Å². The molecule has 1 unspecified atom stereocenters. The SMILES string of the molecule is CCCCCCCCCCCCCCCCCCOc1ccc(C2C(=N)Oc3c(C)c(C)c(O)c(C)c32)cc1. The Labute approximate surface area is 238 Å². The van der Waals surface area contributed by atoms with E-state index in [1.807, 2.05) is 45.0 Å². The quantitative estimate of drug-likeness (QED) is 0.176. The molecule has 0 radical (unpaired) electrons. The molecule has 0 saturated carbocycles. The van der Waals surface area contributed by atoms with E-state index in [9.17, 15) is 5.11 Å². The molecule has 4 nitrogen and oxygen atoms in total. The van der Waals surface area contributed by atoms with Crippen LogP contribution in [0.2, 0.25) is 0 Å². The fourth-order valence-electron chi connectivity index (χ4n) is 5.82. The maximum Gasteiger partial charge on any atom is 0.199 e. The summed E-state index contributed by atoms with van der Waals surface area (Å²) >= 11 is 0. The molecule has 0 spiro atoms. The van der Waals surface area contributed by atoms with Gasteiger partial charge in [0.15, 0.2) is 5.90 Å². The fourth-order valence-corrected chi connectivity index (χ4v) is 5.82. The number of benzene rings is 2. The average Bonchev–Trinajstić information content (AvgIpc) is 3.29. The standard InChI is InChI=1S/C35H53NO3/c1-5-6-7-8-9-10-11-12-13-14-15-16-17-18-19-20-25-38-30-23-21-29(22-24-30)32-31-28(4)33(37)26(2)27(3)34(31)39-35(32)36/h21-24,32,36-37H,5-20,25H2,1-4H3. The third-order valence-corrected chi connectivity index (χ3v) is 8.51. The first kappa shape index (κ1) is 31.0. The summed E-state index contributed by atoms with van der Waals surface area (Å²) in [5.41, 5.74) is 4.41. The van der Waals surface area contributed by atoms with Crippen LogP contribution < -0.4 is 9.47 Å². The number of hydrogen-bond acceptors (Lipinski definition) is 4. The van der Waals surface area contributed by atoms with Crippen molar-refractivity contribution in [2.75, 3.05) is 6.61 Å². The van der Waals surface area contributed by atoms with E-state index in [1.54, 1.807) is 0 Å². The van der Waals surface area contributed by atoms with Gasteiger partial charge in [-0.2, -0.15) is 0 Å². The smallest absolute Gasteiger partial charge is 0.199 e. The number of nitrogens with one attached hydrogen (secondary N) is 1. The summed E-state index contributed by atoms with van der Waals surface area (Å²) in [4.78, 5) is 0. The zero-order valence-corrected chi connectivity index (χ0v) is 25.2. The van der Waals surface area contributed by atoms with Gasteiger partial charge in [0, 0.05) is 5.56 Å². The first-order chi connectivity index (χ1) is 19.0. The highest BCUT2D eigenvalue weighted by molar-refractivity contribution is 5.93. The number of aromatic hydroxyl groups is 1. The Morgan fingerprint density at radius 2 is 1.18 bits per heavy atom. The maximum atomic E-state index is 10.6. The van der Waals surface area contributed by atoms with Crippen molar-refractivity contribution >= 4 is 5.90 Å². The van der Waals surface area contributed by atoms with Crippen molar-refractivity contribution in [3.05, 3.63) is 52.1 Å². The number of rotatable bonds is 19. The number of hydrogen-bond donors (Lipinski definition) is 2. The van der Waals surface area contributed by atoms with Gasteiger partial charge in [-0.15, -0.1) is 0 Å². The lowest BCUT2D eigenvalue weighted by atomic mass is 9.86. The third kappa shape index (κ3) is 9.01. The molecular formula is C35H53NO3. The lowest BCUT2D eigenvalue weighted by Crippen LogP contribution is -2.11. The van der Waals surface area contributed by atoms with E-state index >= 15 is 0 Å². The Kier molecular flexibility index (Phi) is 13.2. The molecule has 0 amide bonds. The Balaban J connectivity index is 1.26. The predicted molar refractivity (Wildman–Crippen MR) is 164 cm³/mol. The van der Waals surface area contributed by atoms with Crippen LogP contribution in [0.3, 0.4) is 0 Å². The summed E-state index contributed by atoms with van der Waals surface area (Å²) in [5.74, 6) is 1.81. The summed E-state index contributed by atoms with van der Waals surface area (Å²) in [6.07, 6.45) is 21.9. The van der Waals surface area contributed by atoms with Crippen molar-refractivity contribution in [3.63, 3.8) is 0 Å². The van der Waals surface area contributed by atoms with Crippen LogP contribution in [0.4, 0.5) is 0 Å². The van der Waals surface area contributed by atoms with E-state index < -0.39 is 0 Å². The lowest BCUT2D eigenvalue weighted by Gasteiger charge is -2.16. The Bertz CT molecular complexity index is 1030. The van der Waals surface area contributed by atoms with Crippen molar-refractivity contribution in [1.82, 2.24) is 0 Å². The molecule has 0 saturated heterocycles. The molecule has 2 aromatic carbocycles. The van der Waals surface area contributed by atoms with Crippen LogP contribution in [0, 0.1) is 26.2 Å². The molecule has 1 aliphatic rings. The van der Waals surface area contributed by atoms with Gasteiger partial charge in [0.25, 0.3) is 0 Å². The molecule has 0 fully saturated rings. The van der Waals surface area contributed by atoms with E-state index in [2.05, 4.69) is 6.92 Å². The molecular weight excluding hydrogens is 482 g/mol. The molecule has 0 bridgehead atoms. The zero-order chi connectivity index (χ0) is 28.0. The van der Waals surface area contributed by atoms with Crippen molar-refractivity contribution in [3.8, 4) is 17.2 Å². The van der Waals surface area contributed by atoms with Crippen LogP contribution >= 0.6 is 0 Å². The van der Waals surface area contributed by atoms with Gasteiger partial charge in [-0.05, 0) is 61.6 Å². The molecule has 216 valence electrons. The van der Waals surface area contributed by atoms with Gasteiger partial charge in [-0.25, -0.2) is 0 Å². The van der Waals surface area contributed by atoms with Crippen molar-refractivity contribution in [1.29, 1.82) is 5.41 Å². The number of fused-ring (bicyclic) bond motifs is 1. The van der Waals surface area contributed by atoms with Crippen LogP contribution in [0.5, 0.6) is 17.2 Å². The lowest BCUT2D eigenvalue weighted by molar-refractivity contribution is 0.304. The molecule has 0 aromatic heterocycles. The molecule has 2 N–H and O–H groups in total. The molecule has 0 aliphatic carbocycles. The number of unbranched alkanes of at least 4 members (excludes halogenated alkanes) is 15. The minimum absolute atomic E-state index is 0.211. The molecule has 1 heterocycles. The average molecular weight is 536 g/mol. The second kappa shape index (κ2) is 16.6. The third-order valence-electron chi connectivity index (χ3n) is 8.51. The van der Waals surface area contributed by atoms with Crippen LogP contribution in [-0.4, -0.2) is 17.6 Å². The fraction of sp³-hybridized carbons (Fsp3) is 0.629. The molecule has 2 aromatic rings. The zero-order valence-electron chi connectivity index (χ0n) is 25.2. The Hall–Kier alpha value is -2.49. The van der Waals surface area contributed by atoms with Gasteiger partial charge in [-0.3, -0.25) is 5.41 Å². The second-order valence-corrected chi connectivity index (χ2v) is 11.6. The van der Waals surface area contributed by atoms with Gasteiger partial charge in [0.05, 0.1) is 12.5 Å². The van der Waals surface area contributed by atoms with E-state index in [0.717, 1.165) is 52.3 Å². The summed E-state index contributed by atoms with van der Waals surface area (Å²) in [5, 5.41) is 19.0. The molecule has 1 atom stereocenters. The maximum absolute atomic E-state index is 10.6. The summed E-state index contributed by atoms with van der Waals surface area (Å²) in [7, 11) is 0. The minimum atomic E-state index is -0.292. The highest BCUT2D eigenvalue weighted by atomic mass is 16.5. The number of phenolic OH excluding ortho intramolecular Hbond substituents is 1. The van der Waals surface area contributed by atoms with Crippen LogP contribution in [0.25, 0.3) is 0 Å². The van der Waals surface area contributed by atoms with Gasteiger partial charge in [0.1, 0.15) is 17.2 Å². The minimum Gasteiger partial charge on any atom is -0.507 e. The molecule has 1 aliphatic heterocycles. The molecule has 3 rings (SSSR count). The number of ether oxygens (including phenoxy) is 2. The van der Waals surface area contributed by atoms with Gasteiger partial charge in [-0.1, -0.05) is 115 Å². The first-order valence-corrected chi connectivity index (χ1v) is 15.8. The Morgan fingerprint density at radius 3 is 1.69 bits per heavy atom. The van der Waals surface area contributed by atoms with E-state index in [0.29, 0.717) is 5.75 Å². The van der Waals surface area contributed by atoms with Gasteiger partial charge in [0.2, 0.25) is 0 Å². The van der Waals surface area contributed by atoms with Crippen LogP contribution in [0.15, 0.2) is 24.3 Å². The molecule has 39 heavy (non-hydrogen) atoms. The topological polar surface area (TPSA) is 62.5 Å². The molecule has 4 heteroatoms. The highest BCUT2D eigenvalue weighted by Gasteiger charge is 2.36. The van der Waals surface area contributed by atoms with Crippen LogP contribution in [-0.2, 0) is 0 Å². The second-order valence-electron chi connectivity index (χ2n) is 11.6. The Morgan fingerprint density at radius 1 is 0.692 bits per heavy atom. The van der Waals surface area contributed by atoms with E-state index in [-0.39, 0.29) is 11.8 Å². The first-order valence-electron chi connectivity index (χ1n) is 15.8. The largest absolute Gasteiger partial charge is 0.507 e.